The molecule has 166 valence electrons. The quantitative estimate of drug-likeness (QED) is 0.449. The molecule has 4 amide bonds. The van der Waals surface area contributed by atoms with Crippen molar-refractivity contribution in [2.45, 2.75) is 13.3 Å². The van der Waals surface area contributed by atoms with Gasteiger partial charge < -0.3 is 4.74 Å². The van der Waals surface area contributed by atoms with Gasteiger partial charge >= 0.3 is 6.03 Å². The van der Waals surface area contributed by atoms with Gasteiger partial charge in [0.1, 0.15) is 17.1 Å². The van der Waals surface area contributed by atoms with E-state index >= 15 is 0 Å². The van der Waals surface area contributed by atoms with Crippen LogP contribution in [0.15, 0.2) is 78.4 Å². The lowest BCUT2D eigenvalue weighted by atomic mass is 9.97. The number of benzene rings is 3. The fraction of sp³-hybridized carbons (Fsp3) is 0.115. The number of barbiturate groups is 1. The second-order valence-electron chi connectivity index (χ2n) is 7.39. The molecule has 1 aliphatic heterocycles. The predicted octanol–water partition coefficient (Wildman–Crippen LogP) is 4.48. The number of carbonyl (C=O) groups is 3. The van der Waals surface area contributed by atoms with E-state index in [0.29, 0.717) is 30.0 Å². The third-order valence-corrected chi connectivity index (χ3v) is 5.15. The smallest absolute Gasteiger partial charge is 0.335 e. The highest BCUT2D eigenvalue weighted by Gasteiger charge is 2.36. The van der Waals surface area contributed by atoms with Crippen LogP contribution in [0.3, 0.4) is 0 Å². The van der Waals surface area contributed by atoms with Crippen molar-refractivity contribution in [2.24, 2.45) is 0 Å². The normalized spacial score (nSPS) is 15.0. The van der Waals surface area contributed by atoms with Gasteiger partial charge in [-0.3, -0.25) is 14.9 Å². The van der Waals surface area contributed by atoms with E-state index in [-0.39, 0.29) is 11.4 Å². The molecule has 3 aromatic rings. The molecule has 1 N–H and O–H groups in total. The Morgan fingerprint density at radius 3 is 2.45 bits per heavy atom. The molecule has 1 saturated heterocycles. The Morgan fingerprint density at radius 2 is 1.73 bits per heavy atom. The van der Waals surface area contributed by atoms with Crippen molar-refractivity contribution < 1.29 is 23.5 Å². The predicted molar refractivity (Wildman–Crippen MR) is 122 cm³/mol. The first-order valence-electron chi connectivity index (χ1n) is 10.4. The van der Waals surface area contributed by atoms with E-state index in [1.165, 1.54) is 18.2 Å². The van der Waals surface area contributed by atoms with Crippen molar-refractivity contribution in [1.82, 2.24) is 5.32 Å². The molecule has 0 bridgehead atoms. The van der Waals surface area contributed by atoms with Crippen LogP contribution in [0, 0.1) is 5.82 Å². The van der Waals surface area contributed by atoms with Gasteiger partial charge in [0.2, 0.25) is 0 Å². The monoisotopic (exact) mass is 444 g/mol. The number of hydrogen-bond acceptors (Lipinski definition) is 4. The summed E-state index contributed by atoms with van der Waals surface area (Å²) < 4.78 is 19.0. The maximum Gasteiger partial charge on any atom is 0.335 e. The van der Waals surface area contributed by atoms with Gasteiger partial charge in [-0.2, -0.15) is 0 Å². The van der Waals surface area contributed by atoms with Gasteiger partial charge in [-0.25, -0.2) is 14.1 Å². The molecular weight excluding hydrogens is 423 g/mol. The Hall–Kier alpha value is -4.26. The summed E-state index contributed by atoms with van der Waals surface area (Å²) in [5.74, 6) is -1.24. The zero-order valence-corrected chi connectivity index (χ0v) is 17.9. The number of amides is 4. The van der Waals surface area contributed by atoms with Crippen molar-refractivity contribution in [1.29, 1.82) is 0 Å². The maximum atomic E-state index is 13.6. The van der Waals surface area contributed by atoms with Crippen LogP contribution in [0.2, 0.25) is 0 Å². The highest BCUT2D eigenvalue weighted by Crippen LogP contribution is 2.25. The summed E-state index contributed by atoms with van der Waals surface area (Å²) in [7, 11) is 0. The first-order chi connectivity index (χ1) is 16.0. The number of rotatable bonds is 6. The molecule has 0 unspecified atom stereocenters. The third-order valence-electron chi connectivity index (χ3n) is 5.15. The second kappa shape index (κ2) is 9.48. The van der Waals surface area contributed by atoms with Crippen molar-refractivity contribution in [2.75, 3.05) is 11.5 Å². The molecule has 1 aliphatic rings. The minimum Gasteiger partial charge on any atom is -0.494 e. The van der Waals surface area contributed by atoms with Gasteiger partial charge in [0, 0.05) is 0 Å². The van der Waals surface area contributed by atoms with E-state index in [2.05, 4.69) is 5.32 Å². The molecule has 3 aromatic carbocycles. The van der Waals surface area contributed by atoms with E-state index < -0.39 is 17.8 Å². The first-order valence-corrected chi connectivity index (χ1v) is 10.4. The Kier molecular flexibility index (Phi) is 6.31. The van der Waals surface area contributed by atoms with Crippen LogP contribution in [-0.2, 0) is 16.0 Å². The topological polar surface area (TPSA) is 75.7 Å². The molecule has 0 aliphatic carbocycles. The molecule has 0 spiro atoms. The zero-order chi connectivity index (χ0) is 23.4. The van der Waals surface area contributed by atoms with Gasteiger partial charge in [-0.15, -0.1) is 0 Å². The number of halogens is 1. The van der Waals surface area contributed by atoms with Gasteiger partial charge in [0.05, 0.1) is 12.3 Å². The van der Waals surface area contributed by atoms with E-state index in [4.69, 9.17) is 4.74 Å². The van der Waals surface area contributed by atoms with E-state index in [0.717, 1.165) is 16.0 Å². The third kappa shape index (κ3) is 4.82. The summed E-state index contributed by atoms with van der Waals surface area (Å²) >= 11 is 0. The number of nitrogens with zero attached hydrogens (tertiary/aromatic N) is 1. The number of imide groups is 2. The summed E-state index contributed by atoms with van der Waals surface area (Å²) in [5, 5.41) is 2.22. The van der Waals surface area contributed by atoms with Crippen molar-refractivity contribution in [3.8, 4) is 5.75 Å². The molecule has 6 nitrogen and oxygen atoms in total. The first kappa shape index (κ1) is 22.0. The number of carbonyl (C=O) groups excluding carboxylic acids is 3. The number of nitrogens with one attached hydrogen (secondary N) is 1. The van der Waals surface area contributed by atoms with Crippen molar-refractivity contribution in [3.05, 3.63) is 101 Å². The number of ether oxygens (including phenoxy) is 1. The summed E-state index contributed by atoms with van der Waals surface area (Å²) in [6.07, 6.45) is 1.87. The van der Waals surface area contributed by atoms with E-state index in [1.54, 1.807) is 48.5 Å². The molecule has 33 heavy (non-hydrogen) atoms. The standard InChI is InChI=1S/C26H21FN2O4/c1-2-33-22-12-10-21(11-13-22)29-25(31)23(24(30)28-26(29)32)16-19-8-4-3-7-18(19)14-17-6-5-9-20(27)15-17/h3-13,15-16H,2,14H2,1H3,(H,28,30,32)/b23-16+. The highest BCUT2D eigenvalue weighted by molar-refractivity contribution is 6.39. The van der Waals surface area contributed by atoms with Gasteiger partial charge in [0.25, 0.3) is 11.8 Å². The lowest BCUT2D eigenvalue weighted by Gasteiger charge is -2.26. The SMILES string of the molecule is CCOc1ccc(N2C(=O)NC(=O)/C(=C\c3ccccc3Cc3cccc(F)c3)C2=O)cc1. The van der Waals surface area contributed by atoms with Crippen LogP contribution < -0.4 is 15.0 Å². The van der Waals surface area contributed by atoms with E-state index in [1.807, 2.05) is 19.1 Å². The van der Waals surface area contributed by atoms with Crippen LogP contribution in [0.5, 0.6) is 5.75 Å². The number of hydrogen-bond donors (Lipinski definition) is 1. The molecule has 1 heterocycles. The van der Waals surface area contributed by atoms with Crippen molar-refractivity contribution >= 4 is 29.6 Å². The molecule has 1 fully saturated rings. The summed E-state index contributed by atoms with van der Waals surface area (Å²) in [6, 6.07) is 19.1. The molecule has 0 aromatic heterocycles. The fourth-order valence-corrected chi connectivity index (χ4v) is 3.61. The number of urea groups is 1. The van der Waals surface area contributed by atoms with Crippen LogP contribution in [0.25, 0.3) is 6.08 Å². The number of anilines is 1. The summed E-state index contributed by atoms with van der Waals surface area (Å²) in [5.41, 5.74) is 2.33. The largest absolute Gasteiger partial charge is 0.494 e. The average molecular weight is 444 g/mol. The Morgan fingerprint density at radius 1 is 0.970 bits per heavy atom. The second-order valence-corrected chi connectivity index (χ2v) is 7.39. The lowest BCUT2D eigenvalue weighted by molar-refractivity contribution is -0.122. The highest BCUT2D eigenvalue weighted by atomic mass is 19.1. The Bertz CT molecular complexity index is 1250. The lowest BCUT2D eigenvalue weighted by Crippen LogP contribution is -2.54. The molecule has 4 rings (SSSR count). The average Bonchev–Trinajstić information content (AvgIpc) is 2.79. The molecular formula is C26H21FN2O4. The van der Waals surface area contributed by atoms with Crippen LogP contribution >= 0.6 is 0 Å². The molecule has 0 radical (unpaired) electrons. The van der Waals surface area contributed by atoms with Crippen LogP contribution in [-0.4, -0.2) is 24.5 Å². The Labute approximate surface area is 190 Å². The zero-order valence-electron chi connectivity index (χ0n) is 17.9. The minimum absolute atomic E-state index is 0.171. The van der Waals surface area contributed by atoms with Crippen LogP contribution in [0.1, 0.15) is 23.6 Å². The summed E-state index contributed by atoms with van der Waals surface area (Å²) in [6.45, 7) is 2.34. The van der Waals surface area contributed by atoms with Gasteiger partial charge in [-0.1, -0.05) is 36.4 Å². The van der Waals surface area contributed by atoms with Crippen LogP contribution in [0.4, 0.5) is 14.9 Å². The molecule has 0 saturated carbocycles. The summed E-state index contributed by atoms with van der Waals surface area (Å²) in [4.78, 5) is 39.1. The molecule has 0 atom stereocenters. The maximum absolute atomic E-state index is 13.6. The van der Waals surface area contributed by atoms with Gasteiger partial charge in [-0.05, 0) is 72.5 Å². The Balaban J connectivity index is 1.67. The minimum atomic E-state index is -0.820. The fourth-order valence-electron chi connectivity index (χ4n) is 3.61. The van der Waals surface area contributed by atoms with Gasteiger partial charge in [0.15, 0.2) is 0 Å². The van der Waals surface area contributed by atoms with Crippen molar-refractivity contribution in [3.63, 3.8) is 0 Å². The van der Waals surface area contributed by atoms with E-state index in [9.17, 15) is 18.8 Å². The molecule has 7 heteroatoms.